The van der Waals surface area contributed by atoms with Crippen LogP contribution in [0.5, 0.6) is 0 Å². The number of hydrogen-bond acceptors (Lipinski definition) is 3. The van der Waals surface area contributed by atoms with Gasteiger partial charge >= 0.3 is 0 Å². The Bertz CT molecular complexity index is 579. The summed E-state index contributed by atoms with van der Waals surface area (Å²) in [4.78, 5) is 0. The lowest BCUT2D eigenvalue weighted by Crippen LogP contribution is -2.36. The van der Waals surface area contributed by atoms with E-state index in [0.29, 0.717) is 23.1 Å². The highest BCUT2D eigenvalue weighted by Gasteiger charge is 2.32. The molecule has 4 nitrogen and oxygen atoms in total. The summed E-state index contributed by atoms with van der Waals surface area (Å²) in [7, 11) is -3.21. The van der Waals surface area contributed by atoms with Crippen molar-refractivity contribution in [3.8, 4) is 0 Å². The monoisotopic (exact) mass is 310 g/mol. The lowest BCUT2D eigenvalue weighted by molar-refractivity contribution is 0.177. The van der Waals surface area contributed by atoms with Crippen LogP contribution < -0.4 is 10.0 Å². The fourth-order valence-corrected chi connectivity index (χ4v) is 3.79. The fourth-order valence-electron chi connectivity index (χ4n) is 3.22. The highest BCUT2D eigenvalue weighted by Crippen LogP contribution is 2.39. The third-order valence-corrected chi connectivity index (χ3v) is 4.84. The summed E-state index contributed by atoms with van der Waals surface area (Å²) in [6.45, 7) is 6.98. The maximum atomic E-state index is 11.2. The molecule has 2 atom stereocenters. The molecule has 0 aromatic heterocycles. The number of hydrogen-bond donors (Lipinski definition) is 2. The molecule has 0 radical (unpaired) electrons. The lowest BCUT2D eigenvalue weighted by Gasteiger charge is -2.40. The zero-order valence-corrected chi connectivity index (χ0v) is 14.1. The van der Waals surface area contributed by atoms with E-state index in [9.17, 15) is 8.42 Å². The molecular formula is C16H26N2O2S. The Morgan fingerprint density at radius 3 is 2.24 bits per heavy atom. The predicted octanol–water partition coefficient (Wildman–Crippen LogP) is 3.68. The Balaban J connectivity index is 1.98. The van der Waals surface area contributed by atoms with Crippen LogP contribution in [0.25, 0.3) is 0 Å². The summed E-state index contributed by atoms with van der Waals surface area (Å²) in [5.41, 5.74) is 2.09. The van der Waals surface area contributed by atoms with Crippen LogP contribution in [0.1, 0.15) is 40.0 Å². The average Bonchev–Trinajstić information content (AvgIpc) is 2.32. The second-order valence-electron chi connectivity index (χ2n) is 7.09. The van der Waals surface area contributed by atoms with E-state index in [1.54, 1.807) is 12.1 Å². The predicted molar refractivity (Wildman–Crippen MR) is 89.1 cm³/mol. The SMILES string of the molecule is CC1CC(C)(C)CCC1Nc1ccc(NS(C)(=O)=O)cc1. The van der Waals surface area contributed by atoms with E-state index in [1.165, 1.54) is 19.3 Å². The highest BCUT2D eigenvalue weighted by molar-refractivity contribution is 7.92. The molecule has 0 amide bonds. The van der Waals surface area contributed by atoms with Gasteiger partial charge in [0.15, 0.2) is 0 Å². The third kappa shape index (κ3) is 4.92. The van der Waals surface area contributed by atoms with Gasteiger partial charge in [0, 0.05) is 17.4 Å². The van der Waals surface area contributed by atoms with Gasteiger partial charge in [0.25, 0.3) is 0 Å². The molecule has 1 aliphatic carbocycles. The Kier molecular flexibility index (Phi) is 4.51. The minimum absolute atomic E-state index is 0.445. The summed E-state index contributed by atoms with van der Waals surface area (Å²) in [5, 5.41) is 3.58. The van der Waals surface area contributed by atoms with E-state index in [2.05, 4.69) is 30.8 Å². The first-order chi connectivity index (χ1) is 9.65. The van der Waals surface area contributed by atoms with E-state index in [1.807, 2.05) is 12.1 Å². The van der Waals surface area contributed by atoms with Crippen molar-refractivity contribution >= 4 is 21.4 Å². The summed E-state index contributed by atoms with van der Waals surface area (Å²) in [6.07, 6.45) is 4.81. The van der Waals surface area contributed by atoms with Crippen molar-refractivity contribution in [1.82, 2.24) is 0 Å². The zero-order chi connectivity index (χ0) is 15.7. The first kappa shape index (κ1) is 16.1. The van der Waals surface area contributed by atoms with Crippen molar-refractivity contribution in [2.24, 2.45) is 11.3 Å². The summed E-state index contributed by atoms with van der Waals surface area (Å²) in [6, 6.07) is 7.94. The lowest BCUT2D eigenvalue weighted by atomic mass is 9.70. The van der Waals surface area contributed by atoms with E-state index >= 15 is 0 Å². The van der Waals surface area contributed by atoms with Crippen LogP contribution in [0.2, 0.25) is 0 Å². The van der Waals surface area contributed by atoms with Crippen LogP contribution in [-0.2, 0) is 10.0 Å². The molecular weight excluding hydrogens is 284 g/mol. The van der Waals surface area contributed by atoms with Gasteiger partial charge in [-0.1, -0.05) is 20.8 Å². The molecule has 0 spiro atoms. The van der Waals surface area contributed by atoms with Gasteiger partial charge in [-0.2, -0.15) is 0 Å². The standard InChI is InChI=1S/C16H26N2O2S/c1-12-11-16(2,3)10-9-15(12)17-13-5-7-14(8-6-13)18-21(4,19)20/h5-8,12,15,17-18H,9-11H2,1-4H3. The van der Waals surface area contributed by atoms with Gasteiger partial charge in [-0.3, -0.25) is 4.72 Å². The van der Waals surface area contributed by atoms with Gasteiger partial charge in [0.05, 0.1) is 6.26 Å². The summed E-state index contributed by atoms with van der Waals surface area (Å²) < 4.78 is 24.8. The molecule has 0 aliphatic heterocycles. The molecule has 118 valence electrons. The molecule has 21 heavy (non-hydrogen) atoms. The molecule has 0 heterocycles. The minimum Gasteiger partial charge on any atom is -0.382 e. The molecule has 1 aromatic rings. The molecule has 2 N–H and O–H groups in total. The largest absolute Gasteiger partial charge is 0.382 e. The molecule has 0 saturated heterocycles. The van der Waals surface area contributed by atoms with Gasteiger partial charge in [0.1, 0.15) is 0 Å². The Hall–Kier alpha value is -1.23. The molecule has 1 fully saturated rings. The molecule has 1 aliphatic rings. The normalized spacial score (nSPS) is 25.3. The molecule has 5 heteroatoms. The van der Waals surface area contributed by atoms with E-state index in [0.717, 1.165) is 11.9 Å². The number of sulfonamides is 1. The van der Waals surface area contributed by atoms with Crippen molar-refractivity contribution < 1.29 is 8.42 Å². The average molecular weight is 310 g/mol. The van der Waals surface area contributed by atoms with Crippen LogP contribution in [0.3, 0.4) is 0 Å². The molecule has 2 unspecified atom stereocenters. The maximum absolute atomic E-state index is 11.2. The highest BCUT2D eigenvalue weighted by atomic mass is 32.2. The Morgan fingerprint density at radius 2 is 1.71 bits per heavy atom. The quantitative estimate of drug-likeness (QED) is 0.892. The van der Waals surface area contributed by atoms with Gasteiger partial charge in [-0.05, 0) is 54.9 Å². The van der Waals surface area contributed by atoms with Gasteiger partial charge < -0.3 is 5.32 Å². The van der Waals surface area contributed by atoms with Crippen molar-refractivity contribution in [2.45, 2.75) is 46.1 Å². The zero-order valence-electron chi connectivity index (χ0n) is 13.3. The summed E-state index contributed by atoms with van der Waals surface area (Å²) in [5.74, 6) is 0.641. The van der Waals surface area contributed by atoms with Crippen molar-refractivity contribution in [3.05, 3.63) is 24.3 Å². The number of rotatable bonds is 4. The molecule has 2 rings (SSSR count). The summed E-state index contributed by atoms with van der Waals surface area (Å²) >= 11 is 0. The number of anilines is 2. The van der Waals surface area contributed by atoms with Crippen molar-refractivity contribution in [1.29, 1.82) is 0 Å². The Morgan fingerprint density at radius 1 is 1.14 bits per heavy atom. The maximum Gasteiger partial charge on any atom is 0.229 e. The van der Waals surface area contributed by atoms with Crippen LogP contribution in [0, 0.1) is 11.3 Å². The van der Waals surface area contributed by atoms with E-state index < -0.39 is 10.0 Å². The van der Waals surface area contributed by atoms with Crippen molar-refractivity contribution in [2.75, 3.05) is 16.3 Å². The van der Waals surface area contributed by atoms with Crippen LogP contribution in [0.4, 0.5) is 11.4 Å². The van der Waals surface area contributed by atoms with Crippen LogP contribution in [-0.4, -0.2) is 20.7 Å². The second kappa shape index (κ2) is 5.87. The third-order valence-electron chi connectivity index (χ3n) is 4.23. The van der Waals surface area contributed by atoms with Crippen LogP contribution in [0.15, 0.2) is 24.3 Å². The molecule has 1 aromatic carbocycles. The first-order valence-electron chi connectivity index (χ1n) is 7.49. The first-order valence-corrected chi connectivity index (χ1v) is 9.38. The van der Waals surface area contributed by atoms with Gasteiger partial charge in [0.2, 0.25) is 10.0 Å². The van der Waals surface area contributed by atoms with E-state index in [-0.39, 0.29) is 0 Å². The number of benzene rings is 1. The van der Waals surface area contributed by atoms with E-state index in [4.69, 9.17) is 0 Å². The Labute approximate surface area is 128 Å². The van der Waals surface area contributed by atoms with Crippen molar-refractivity contribution in [3.63, 3.8) is 0 Å². The smallest absolute Gasteiger partial charge is 0.229 e. The number of nitrogens with one attached hydrogen (secondary N) is 2. The van der Waals surface area contributed by atoms with Gasteiger partial charge in [-0.25, -0.2) is 8.42 Å². The van der Waals surface area contributed by atoms with Crippen LogP contribution >= 0.6 is 0 Å². The topological polar surface area (TPSA) is 58.2 Å². The second-order valence-corrected chi connectivity index (χ2v) is 8.84. The fraction of sp³-hybridized carbons (Fsp3) is 0.625. The van der Waals surface area contributed by atoms with Gasteiger partial charge in [-0.15, -0.1) is 0 Å². The minimum atomic E-state index is -3.21. The molecule has 0 bridgehead atoms. The molecule has 1 saturated carbocycles.